The lowest BCUT2D eigenvalue weighted by molar-refractivity contribution is -0.145. The Bertz CT molecular complexity index is 552. The van der Waals surface area contributed by atoms with Gasteiger partial charge in [-0.25, -0.2) is 0 Å². The molecule has 7 nitrogen and oxygen atoms in total. The van der Waals surface area contributed by atoms with Crippen LogP contribution < -0.4 is 5.43 Å². The molecule has 2 rings (SSSR count). The third-order valence-electron chi connectivity index (χ3n) is 3.45. The highest BCUT2D eigenvalue weighted by Crippen LogP contribution is 2.23. The van der Waals surface area contributed by atoms with E-state index in [1.165, 1.54) is 0 Å². The molecule has 0 aliphatic carbocycles. The monoisotopic (exact) mass is 283 g/mol. The molecule has 1 saturated heterocycles. The van der Waals surface area contributed by atoms with E-state index in [0.717, 1.165) is 18.9 Å². The zero-order chi connectivity index (χ0) is 14.7. The topological polar surface area (TPSA) is 111 Å². The molecule has 0 saturated carbocycles. The molecular formula is C13H17NO6. The Labute approximate surface area is 115 Å². The van der Waals surface area contributed by atoms with Crippen LogP contribution in [0.25, 0.3) is 0 Å². The lowest BCUT2D eigenvalue weighted by Crippen LogP contribution is -2.44. The Hall–Kier alpha value is -1.86. The number of rotatable bonds is 4. The Balaban J connectivity index is 2.26. The largest absolute Gasteiger partial charge is 0.502 e. The molecule has 110 valence electrons. The lowest BCUT2D eigenvalue weighted by Gasteiger charge is -2.32. The van der Waals surface area contributed by atoms with E-state index in [-0.39, 0.29) is 18.1 Å². The van der Waals surface area contributed by atoms with Crippen molar-refractivity contribution in [3.05, 3.63) is 27.8 Å². The maximum atomic E-state index is 11.5. The molecule has 0 unspecified atom stereocenters. The molecule has 0 aromatic carbocycles. The Kier molecular flexibility index (Phi) is 4.41. The summed E-state index contributed by atoms with van der Waals surface area (Å²) in [6.45, 7) is 0.139. The number of piperidine rings is 1. The van der Waals surface area contributed by atoms with Crippen LogP contribution in [0.4, 0.5) is 0 Å². The molecule has 1 fully saturated rings. The number of carbonyl (C=O) groups is 1. The summed E-state index contributed by atoms with van der Waals surface area (Å²) in [4.78, 5) is 24.4. The van der Waals surface area contributed by atoms with Crippen LogP contribution in [0.2, 0.25) is 0 Å². The molecule has 3 N–H and O–H groups in total. The number of aromatic hydroxyl groups is 1. The number of hydrogen-bond donors (Lipinski definition) is 3. The van der Waals surface area contributed by atoms with Gasteiger partial charge in [0.05, 0.1) is 6.54 Å². The van der Waals surface area contributed by atoms with Gasteiger partial charge in [-0.15, -0.1) is 0 Å². The third kappa shape index (κ3) is 3.00. The molecule has 0 bridgehead atoms. The Morgan fingerprint density at radius 3 is 2.85 bits per heavy atom. The Morgan fingerprint density at radius 1 is 1.45 bits per heavy atom. The van der Waals surface area contributed by atoms with Crippen LogP contribution in [0.5, 0.6) is 5.75 Å². The summed E-state index contributed by atoms with van der Waals surface area (Å²) in [6.07, 6.45) is 2.22. The number of aliphatic hydroxyl groups excluding tert-OH is 1. The van der Waals surface area contributed by atoms with Crippen LogP contribution in [0.1, 0.15) is 30.8 Å². The van der Waals surface area contributed by atoms with Crippen molar-refractivity contribution in [1.29, 1.82) is 0 Å². The molecule has 1 aromatic rings. The first kappa shape index (κ1) is 14.5. The quantitative estimate of drug-likeness (QED) is 0.727. The van der Waals surface area contributed by atoms with Gasteiger partial charge in [-0.2, -0.15) is 0 Å². The molecule has 1 aliphatic rings. The highest BCUT2D eigenvalue weighted by molar-refractivity contribution is 5.73. The predicted octanol–water partition coefficient (Wildman–Crippen LogP) is 0.277. The van der Waals surface area contributed by atoms with Crippen LogP contribution in [0.3, 0.4) is 0 Å². The van der Waals surface area contributed by atoms with E-state index in [9.17, 15) is 19.8 Å². The van der Waals surface area contributed by atoms with Crippen molar-refractivity contribution in [2.45, 2.75) is 38.5 Å². The summed E-state index contributed by atoms with van der Waals surface area (Å²) >= 11 is 0. The minimum absolute atomic E-state index is 0.00491. The summed E-state index contributed by atoms with van der Waals surface area (Å²) in [5, 5.41) is 27.9. The average Bonchev–Trinajstić information content (AvgIpc) is 2.44. The molecule has 1 atom stereocenters. The summed E-state index contributed by atoms with van der Waals surface area (Å²) in [7, 11) is 0. The smallest absolute Gasteiger partial charge is 0.320 e. The van der Waals surface area contributed by atoms with E-state index in [4.69, 9.17) is 9.52 Å². The second-order valence-electron chi connectivity index (χ2n) is 4.83. The van der Waals surface area contributed by atoms with Crippen LogP contribution in [0.15, 0.2) is 15.3 Å². The van der Waals surface area contributed by atoms with Gasteiger partial charge in [-0.05, 0) is 19.4 Å². The van der Waals surface area contributed by atoms with Crippen LogP contribution in [-0.2, 0) is 17.9 Å². The van der Waals surface area contributed by atoms with Crippen molar-refractivity contribution in [2.75, 3.05) is 6.54 Å². The number of nitrogens with zero attached hydrogens (tertiary/aromatic N) is 1. The number of carboxylic acid groups (broad SMARTS) is 1. The van der Waals surface area contributed by atoms with Crippen molar-refractivity contribution in [1.82, 2.24) is 4.90 Å². The van der Waals surface area contributed by atoms with Gasteiger partial charge in [0, 0.05) is 6.07 Å². The predicted molar refractivity (Wildman–Crippen MR) is 68.3 cm³/mol. The molecule has 2 heterocycles. The lowest BCUT2D eigenvalue weighted by atomic mass is 10.0. The minimum atomic E-state index is -0.926. The van der Waals surface area contributed by atoms with E-state index in [1.807, 2.05) is 0 Å². The molecule has 7 heteroatoms. The van der Waals surface area contributed by atoms with E-state index in [1.54, 1.807) is 4.90 Å². The van der Waals surface area contributed by atoms with Crippen LogP contribution in [0, 0.1) is 0 Å². The number of carboxylic acids is 1. The van der Waals surface area contributed by atoms with Gasteiger partial charge >= 0.3 is 5.97 Å². The van der Waals surface area contributed by atoms with Crippen LogP contribution >= 0.6 is 0 Å². The van der Waals surface area contributed by atoms with Crippen LogP contribution in [-0.4, -0.2) is 38.8 Å². The Morgan fingerprint density at radius 2 is 2.20 bits per heavy atom. The number of likely N-dealkylation sites (tertiary alicyclic amines) is 1. The summed E-state index contributed by atoms with van der Waals surface area (Å²) in [6, 6.07) is 0.371. The van der Waals surface area contributed by atoms with Gasteiger partial charge in [0.25, 0.3) is 0 Å². The van der Waals surface area contributed by atoms with E-state index >= 15 is 0 Å². The fraction of sp³-hybridized carbons (Fsp3) is 0.538. The van der Waals surface area contributed by atoms with Gasteiger partial charge < -0.3 is 19.7 Å². The normalized spacial score (nSPS) is 19.9. The average molecular weight is 283 g/mol. The standard InChI is InChI=1S/C13H17NO6/c15-7-8-5-10(16)12(17)11(20-8)6-14-4-2-1-3-9(14)13(18)19/h5,9,15,17H,1-4,6-7H2,(H,18,19)/t9-/m0/s1. The SMILES string of the molecule is O=C(O)[C@@H]1CCCCN1Cc1oc(CO)cc(=O)c1O. The molecule has 0 radical (unpaired) electrons. The van der Waals surface area contributed by atoms with E-state index in [0.29, 0.717) is 13.0 Å². The second kappa shape index (κ2) is 6.06. The summed E-state index contributed by atoms with van der Waals surface area (Å²) in [5.74, 6) is -1.41. The van der Waals surface area contributed by atoms with Crippen molar-refractivity contribution in [3.63, 3.8) is 0 Å². The first-order valence-electron chi connectivity index (χ1n) is 6.45. The molecular weight excluding hydrogens is 266 g/mol. The fourth-order valence-corrected chi connectivity index (χ4v) is 2.42. The molecule has 0 spiro atoms. The molecule has 20 heavy (non-hydrogen) atoms. The molecule has 1 aliphatic heterocycles. The number of aliphatic hydroxyl groups is 1. The number of aliphatic carboxylic acids is 1. The van der Waals surface area contributed by atoms with Gasteiger partial charge in [0.1, 0.15) is 18.4 Å². The van der Waals surface area contributed by atoms with Crippen molar-refractivity contribution in [2.24, 2.45) is 0 Å². The zero-order valence-electron chi connectivity index (χ0n) is 10.9. The van der Waals surface area contributed by atoms with Gasteiger partial charge in [-0.3, -0.25) is 14.5 Å². The third-order valence-corrected chi connectivity index (χ3v) is 3.45. The van der Waals surface area contributed by atoms with Gasteiger partial charge in [0.15, 0.2) is 5.76 Å². The molecule has 1 aromatic heterocycles. The maximum absolute atomic E-state index is 11.5. The van der Waals surface area contributed by atoms with E-state index < -0.39 is 29.8 Å². The fourth-order valence-electron chi connectivity index (χ4n) is 2.42. The highest BCUT2D eigenvalue weighted by Gasteiger charge is 2.29. The minimum Gasteiger partial charge on any atom is -0.502 e. The highest BCUT2D eigenvalue weighted by atomic mass is 16.4. The maximum Gasteiger partial charge on any atom is 0.320 e. The molecule has 0 amide bonds. The van der Waals surface area contributed by atoms with Crippen molar-refractivity contribution in [3.8, 4) is 5.75 Å². The van der Waals surface area contributed by atoms with Crippen molar-refractivity contribution >= 4 is 5.97 Å². The summed E-state index contributed by atoms with van der Waals surface area (Å²) < 4.78 is 5.23. The zero-order valence-corrected chi connectivity index (χ0v) is 10.9. The van der Waals surface area contributed by atoms with E-state index in [2.05, 4.69) is 0 Å². The second-order valence-corrected chi connectivity index (χ2v) is 4.83. The first-order chi connectivity index (χ1) is 9.52. The van der Waals surface area contributed by atoms with Gasteiger partial charge in [0.2, 0.25) is 11.2 Å². The summed E-state index contributed by atoms with van der Waals surface area (Å²) in [5.41, 5.74) is -0.640. The number of hydrogen-bond acceptors (Lipinski definition) is 6. The van der Waals surface area contributed by atoms with Gasteiger partial charge in [-0.1, -0.05) is 6.42 Å². The first-order valence-corrected chi connectivity index (χ1v) is 6.45. The van der Waals surface area contributed by atoms with Crippen molar-refractivity contribution < 1.29 is 24.5 Å².